The molecule has 1 heterocycles. The minimum atomic E-state index is -0.210. The first-order valence-corrected chi connectivity index (χ1v) is 7.22. The lowest BCUT2D eigenvalue weighted by Gasteiger charge is -2.07. The second-order valence-electron chi connectivity index (χ2n) is 5.06. The highest BCUT2D eigenvalue weighted by molar-refractivity contribution is 6.31. The molecule has 22 heavy (non-hydrogen) atoms. The smallest absolute Gasteiger partial charge is 0.255 e. The quantitative estimate of drug-likeness (QED) is 0.773. The fourth-order valence-electron chi connectivity index (χ4n) is 2.14. The van der Waals surface area contributed by atoms with E-state index in [1.807, 2.05) is 32.0 Å². The molecule has 5 heteroatoms. The Morgan fingerprint density at radius 3 is 2.45 bits per heavy atom. The molecule has 110 valence electrons. The number of hydrogen-bond donors (Lipinski definition) is 1. The third kappa shape index (κ3) is 2.92. The van der Waals surface area contributed by atoms with Crippen molar-refractivity contribution in [3.8, 4) is 0 Å². The van der Waals surface area contributed by atoms with Crippen molar-refractivity contribution in [2.45, 2.75) is 13.8 Å². The molecule has 3 rings (SSSR count). The summed E-state index contributed by atoms with van der Waals surface area (Å²) in [5.74, 6) is -0.210. The lowest BCUT2D eigenvalue weighted by atomic mass is 10.2. The van der Waals surface area contributed by atoms with Crippen LogP contribution in [-0.4, -0.2) is 15.9 Å². The number of benzene rings is 2. The van der Waals surface area contributed by atoms with Crippen molar-refractivity contribution in [2.75, 3.05) is 5.32 Å². The first-order chi connectivity index (χ1) is 10.5. The largest absolute Gasteiger partial charge is 0.322 e. The second-order valence-corrected chi connectivity index (χ2v) is 5.50. The highest BCUT2D eigenvalue weighted by Crippen LogP contribution is 2.19. The molecule has 0 aliphatic heterocycles. The van der Waals surface area contributed by atoms with Crippen LogP contribution >= 0.6 is 11.6 Å². The van der Waals surface area contributed by atoms with Gasteiger partial charge in [-0.05, 0) is 50.2 Å². The van der Waals surface area contributed by atoms with Gasteiger partial charge in [0.15, 0.2) is 0 Å². The van der Waals surface area contributed by atoms with Gasteiger partial charge in [-0.15, -0.1) is 0 Å². The zero-order valence-electron chi connectivity index (χ0n) is 12.2. The molecule has 4 nitrogen and oxygen atoms in total. The molecule has 1 N–H and O–H groups in total. The lowest BCUT2D eigenvalue weighted by Crippen LogP contribution is -2.11. The SMILES string of the molecule is Cc1nc2ccc(NC(=O)c3cccc(Cl)c3)cc2nc1C. The van der Waals surface area contributed by atoms with Crippen LogP contribution in [0.2, 0.25) is 5.02 Å². The summed E-state index contributed by atoms with van der Waals surface area (Å²) in [6.07, 6.45) is 0. The first-order valence-electron chi connectivity index (χ1n) is 6.85. The summed E-state index contributed by atoms with van der Waals surface area (Å²) in [6, 6.07) is 12.3. The average molecular weight is 312 g/mol. The minimum Gasteiger partial charge on any atom is -0.322 e. The molecule has 1 aromatic heterocycles. The molecule has 0 atom stereocenters. The zero-order chi connectivity index (χ0) is 15.7. The van der Waals surface area contributed by atoms with E-state index >= 15 is 0 Å². The fourth-order valence-corrected chi connectivity index (χ4v) is 2.33. The summed E-state index contributed by atoms with van der Waals surface area (Å²) in [6.45, 7) is 3.84. The molecule has 3 aromatic rings. The van der Waals surface area contributed by atoms with Gasteiger partial charge in [-0.2, -0.15) is 0 Å². The maximum Gasteiger partial charge on any atom is 0.255 e. The van der Waals surface area contributed by atoms with Crippen molar-refractivity contribution in [2.24, 2.45) is 0 Å². The predicted molar refractivity (Wildman–Crippen MR) is 88.4 cm³/mol. The number of hydrogen-bond acceptors (Lipinski definition) is 3. The minimum absolute atomic E-state index is 0.210. The normalized spacial score (nSPS) is 10.7. The number of carbonyl (C=O) groups excluding carboxylic acids is 1. The zero-order valence-corrected chi connectivity index (χ0v) is 13.0. The van der Waals surface area contributed by atoms with Gasteiger partial charge in [0, 0.05) is 16.3 Å². The van der Waals surface area contributed by atoms with Gasteiger partial charge in [0.25, 0.3) is 5.91 Å². The van der Waals surface area contributed by atoms with Crippen LogP contribution in [0.3, 0.4) is 0 Å². The fraction of sp³-hybridized carbons (Fsp3) is 0.118. The van der Waals surface area contributed by atoms with E-state index in [0.717, 1.165) is 22.4 Å². The van der Waals surface area contributed by atoms with Gasteiger partial charge >= 0.3 is 0 Å². The van der Waals surface area contributed by atoms with Gasteiger partial charge in [0.1, 0.15) is 0 Å². The molecule has 0 saturated carbocycles. The third-order valence-electron chi connectivity index (χ3n) is 3.42. The van der Waals surface area contributed by atoms with Gasteiger partial charge < -0.3 is 5.32 Å². The van der Waals surface area contributed by atoms with Crippen LogP contribution in [0.1, 0.15) is 21.7 Å². The summed E-state index contributed by atoms with van der Waals surface area (Å²) >= 11 is 5.90. The Morgan fingerprint density at radius 2 is 1.73 bits per heavy atom. The third-order valence-corrected chi connectivity index (χ3v) is 3.66. The summed E-state index contributed by atoms with van der Waals surface area (Å²) in [5, 5.41) is 3.38. The summed E-state index contributed by atoms with van der Waals surface area (Å²) in [7, 11) is 0. The molecule has 0 radical (unpaired) electrons. The maximum atomic E-state index is 12.2. The van der Waals surface area contributed by atoms with Crippen LogP contribution in [-0.2, 0) is 0 Å². The number of amides is 1. The number of nitrogens with one attached hydrogen (secondary N) is 1. The summed E-state index contributed by atoms with van der Waals surface area (Å²) in [4.78, 5) is 21.2. The van der Waals surface area contributed by atoms with E-state index in [1.165, 1.54) is 0 Å². The van der Waals surface area contributed by atoms with E-state index in [0.29, 0.717) is 16.3 Å². The molecule has 0 unspecified atom stereocenters. The van der Waals surface area contributed by atoms with Crippen molar-refractivity contribution in [1.82, 2.24) is 9.97 Å². The Balaban J connectivity index is 1.90. The van der Waals surface area contributed by atoms with E-state index in [-0.39, 0.29) is 5.91 Å². The number of nitrogens with zero attached hydrogens (tertiary/aromatic N) is 2. The number of rotatable bonds is 2. The maximum absolute atomic E-state index is 12.2. The van der Waals surface area contributed by atoms with Crippen LogP contribution in [0.5, 0.6) is 0 Å². The molecule has 0 aliphatic rings. The van der Waals surface area contributed by atoms with Crippen molar-refractivity contribution in [3.63, 3.8) is 0 Å². The summed E-state index contributed by atoms with van der Waals surface area (Å²) < 4.78 is 0. The number of halogens is 1. The van der Waals surface area contributed by atoms with E-state index in [2.05, 4.69) is 15.3 Å². The number of fused-ring (bicyclic) bond motifs is 1. The second kappa shape index (κ2) is 5.73. The van der Waals surface area contributed by atoms with Gasteiger partial charge in [-0.1, -0.05) is 17.7 Å². The monoisotopic (exact) mass is 311 g/mol. The first kappa shape index (κ1) is 14.5. The predicted octanol–water partition coefficient (Wildman–Crippen LogP) is 4.15. The van der Waals surface area contributed by atoms with E-state index < -0.39 is 0 Å². The number of aryl methyl sites for hydroxylation is 2. The Morgan fingerprint density at radius 1 is 1.00 bits per heavy atom. The molecule has 0 spiro atoms. The van der Waals surface area contributed by atoms with Gasteiger partial charge in [0.2, 0.25) is 0 Å². The van der Waals surface area contributed by atoms with Gasteiger partial charge in [0.05, 0.1) is 22.4 Å². The number of carbonyl (C=O) groups is 1. The van der Waals surface area contributed by atoms with Crippen molar-refractivity contribution >= 4 is 34.2 Å². The molecular formula is C17H14ClN3O. The molecule has 1 amide bonds. The van der Waals surface area contributed by atoms with Crippen molar-refractivity contribution < 1.29 is 4.79 Å². The van der Waals surface area contributed by atoms with Crippen LogP contribution in [0.4, 0.5) is 5.69 Å². The molecular weight excluding hydrogens is 298 g/mol. The van der Waals surface area contributed by atoms with E-state index in [1.54, 1.807) is 24.3 Å². The van der Waals surface area contributed by atoms with Crippen molar-refractivity contribution in [1.29, 1.82) is 0 Å². The van der Waals surface area contributed by atoms with Crippen LogP contribution < -0.4 is 5.32 Å². The molecule has 2 aromatic carbocycles. The van der Waals surface area contributed by atoms with Crippen LogP contribution in [0, 0.1) is 13.8 Å². The highest BCUT2D eigenvalue weighted by atomic mass is 35.5. The van der Waals surface area contributed by atoms with E-state index in [4.69, 9.17) is 11.6 Å². The lowest BCUT2D eigenvalue weighted by molar-refractivity contribution is 0.102. The molecule has 0 saturated heterocycles. The summed E-state index contributed by atoms with van der Waals surface area (Å²) in [5.41, 5.74) is 4.54. The molecule has 0 aliphatic carbocycles. The van der Waals surface area contributed by atoms with E-state index in [9.17, 15) is 4.79 Å². The Labute approximate surface area is 133 Å². The average Bonchev–Trinajstić information content (AvgIpc) is 2.49. The van der Waals surface area contributed by atoms with Gasteiger partial charge in [-0.3, -0.25) is 4.79 Å². The van der Waals surface area contributed by atoms with Crippen LogP contribution in [0.25, 0.3) is 11.0 Å². The Kier molecular flexibility index (Phi) is 3.77. The Hall–Kier alpha value is -2.46. The van der Waals surface area contributed by atoms with Crippen molar-refractivity contribution in [3.05, 3.63) is 64.4 Å². The van der Waals surface area contributed by atoms with Crippen LogP contribution in [0.15, 0.2) is 42.5 Å². The van der Waals surface area contributed by atoms with Gasteiger partial charge in [-0.25, -0.2) is 9.97 Å². The Bertz CT molecular complexity index is 877. The number of aromatic nitrogens is 2. The number of anilines is 1. The molecule has 0 bridgehead atoms. The highest BCUT2D eigenvalue weighted by Gasteiger charge is 2.08. The topological polar surface area (TPSA) is 54.9 Å². The standard InChI is InChI=1S/C17H14ClN3O/c1-10-11(2)20-16-9-14(6-7-15(16)19-10)21-17(22)12-4-3-5-13(18)8-12/h3-9H,1-2H3,(H,21,22). The molecule has 0 fully saturated rings.